The molecule has 18 heavy (non-hydrogen) atoms. The van der Waals surface area contributed by atoms with Gasteiger partial charge < -0.3 is 10.0 Å². The monoisotopic (exact) mass is 249 g/mol. The van der Waals surface area contributed by atoms with Gasteiger partial charge in [-0.15, -0.1) is 0 Å². The third-order valence-electron chi connectivity index (χ3n) is 2.58. The molecule has 1 amide bonds. The molecule has 0 saturated heterocycles. The highest BCUT2D eigenvalue weighted by atomic mass is 16.4. The number of ketones is 1. The predicted molar refractivity (Wildman–Crippen MR) is 65.8 cm³/mol. The second kappa shape index (κ2) is 5.44. The molecule has 5 nitrogen and oxygen atoms in total. The van der Waals surface area contributed by atoms with E-state index in [2.05, 4.69) is 0 Å². The van der Waals surface area contributed by atoms with Crippen molar-refractivity contribution in [3.63, 3.8) is 0 Å². The quantitative estimate of drug-likeness (QED) is 0.817. The Morgan fingerprint density at radius 1 is 1.28 bits per heavy atom. The third-order valence-corrected chi connectivity index (χ3v) is 2.58. The summed E-state index contributed by atoms with van der Waals surface area (Å²) in [6.07, 6.45) is 0. The van der Waals surface area contributed by atoms with Crippen molar-refractivity contribution >= 4 is 17.7 Å². The zero-order valence-electron chi connectivity index (χ0n) is 10.6. The second-order valence-corrected chi connectivity index (χ2v) is 4.14. The van der Waals surface area contributed by atoms with Gasteiger partial charge in [0.25, 0.3) is 5.91 Å². The van der Waals surface area contributed by atoms with Crippen molar-refractivity contribution in [1.82, 2.24) is 4.90 Å². The van der Waals surface area contributed by atoms with Crippen LogP contribution in [0.2, 0.25) is 0 Å². The molecule has 0 fully saturated rings. The summed E-state index contributed by atoms with van der Waals surface area (Å²) in [5.74, 6) is -1.62. The lowest BCUT2D eigenvalue weighted by molar-refractivity contribution is -0.137. The number of amides is 1. The number of rotatable bonds is 4. The first-order valence-corrected chi connectivity index (χ1v) is 5.41. The lowest BCUT2D eigenvalue weighted by Crippen LogP contribution is -2.32. The summed E-state index contributed by atoms with van der Waals surface area (Å²) in [5.41, 5.74) is 1.58. The summed E-state index contributed by atoms with van der Waals surface area (Å²) in [7, 11) is 1.41. The molecule has 96 valence electrons. The molecule has 0 aromatic heterocycles. The molecule has 1 aromatic carbocycles. The van der Waals surface area contributed by atoms with Crippen molar-refractivity contribution in [2.24, 2.45) is 0 Å². The van der Waals surface area contributed by atoms with Gasteiger partial charge in [0.1, 0.15) is 6.54 Å². The summed E-state index contributed by atoms with van der Waals surface area (Å²) in [4.78, 5) is 34.9. The van der Waals surface area contributed by atoms with Crippen LogP contribution >= 0.6 is 0 Å². The third kappa shape index (κ3) is 3.16. The first kappa shape index (κ1) is 13.9. The molecule has 0 unspecified atom stereocenters. The van der Waals surface area contributed by atoms with Crippen LogP contribution in [0.5, 0.6) is 0 Å². The molecule has 0 aliphatic rings. The molecule has 0 atom stereocenters. The molecule has 0 saturated carbocycles. The number of carboxylic acid groups (broad SMARTS) is 1. The highest BCUT2D eigenvalue weighted by Crippen LogP contribution is 2.13. The van der Waals surface area contributed by atoms with Crippen LogP contribution in [0, 0.1) is 6.92 Å². The van der Waals surface area contributed by atoms with Gasteiger partial charge in [-0.2, -0.15) is 0 Å². The van der Waals surface area contributed by atoms with Gasteiger partial charge in [0.15, 0.2) is 5.78 Å². The normalized spacial score (nSPS) is 9.94. The van der Waals surface area contributed by atoms with Crippen molar-refractivity contribution in [2.45, 2.75) is 13.8 Å². The number of carbonyl (C=O) groups is 3. The average molecular weight is 249 g/mol. The Kier molecular flexibility index (Phi) is 4.20. The van der Waals surface area contributed by atoms with Gasteiger partial charge in [-0.1, -0.05) is 6.07 Å². The van der Waals surface area contributed by atoms with Crippen LogP contribution in [0.25, 0.3) is 0 Å². The van der Waals surface area contributed by atoms with Crippen LogP contribution in [0.4, 0.5) is 0 Å². The van der Waals surface area contributed by atoms with E-state index in [1.807, 2.05) is 0 Å². The molecular weight excluding hydrogens is 234 g/mol. The summed E-state index contributed by atoms with van der Waals surface area (Å²) in [6.45, 7) is 2.84. The van der Waals surface area contributed by atoms with Gasteiger partial charge in [0.2, 0.25) is 0 Å². The standard InChI is InChI=1S/C13H15NO4/c1-8-4-5-10(6-11(8)9(2)15)13(18)14(3)7-12(16)17/h4-6H,7H2,1-3H3,(H,16,17). The second-order valence-electron chi connectivity index (χ2n) is 4.14. The van der Waals surface area contributed by atoms with Crippen LogP contribution in [0.3, 0.4) is 0 Å². The number of aryl methyl sites for hydroxylation is 1. The Bertz CT molecular complexity index is 508. The van der Waals surface area contributed by atoms with Crippen molar-refractivity contribution in [3.8, 4) is 0 Å². The Labute approximate surface area is 105 Å². The Morgan fingerprint density at radius 3 is 2.39 bits per heavy atom. The lowest BCUT2D eigenvalue weighted by Gasteiger charge is -2.15. The highest BCUT2D eigenvalue weighted by Gasteiger charge is 2.16. The first-order valence-electron chi connectivity index (χ1n) is 5.41. The van der Waals surface area contributed by atoms with E-state index in [9.17, 15) is 14.4 Å². The van der Waals surface area contributed by atoms with E-state index in [-0.39, 0.29) is 12.3 Å². The number of nitrogens with zero attached hydrogens (tertiary/aromatic N) is 1. The zero-order chi connectivity index (χ0) is 13.9. The highest BCUT2D eigenvalue weighted by molar-refractivity contribution is 6.01. The number of aliphatic carboxylic acids is 1. The fourth-order valence-electron chi connectivity index (χ4n) is 1.63. The fourth-order valence-corrected chi connectivity index (χ4v) is 1.63. The molecule has 0 spiro atoms. The van der Waals surface area contributed by atoms with E-state index in [0.717, 1.165) is 10.5 Å². The van der Waals surface area contributed by atoms with Gasteiger partial charge >= 0.3 is 5.97 Å². The van der Waals surface area contributed by atoms with Crippen molar-refractivity contribution in [2.75, 3.05) is 13.6 Å². The smallest absolute Gasteiger partial charge is 0.323 e. The summed E-state index contributed by atoms with van der Waals surface area (Å²) >= 11 is 0. The Balaban J connectivity index is 3.03. The van der Waals surface area contributed by atoms with E-state index in [1.165, 1.54) is 20.0 Å². The number of hydrogen-bond donors (Lipinski definition) is 1. The van der Waals surface area contributed by atoms with E-state index >= 15 is 0 Å². The van der Waals surface area contributed by atoms with E-state index in [4.69, 9.17) is 5.11 Å². The van der Waals surface area contributed by atoms with Gasteiger partial charge in [-0.05, 0) is 31.5 Å². The molecule has 5 heteroatoms. The van der Waals surface area contributed by atoms with Gasteiger partial charge in [0.05, 0.1) is 0 Å². The van der Waals surface area contributed by atoms with Crippen LogP contribution in [0.15, 0.2) is 18.2 Å². The van der Waals surface area contributed by atoms with Crippen LogP contribution < -0.4 is 0 Å². The maximum absolute atomic E-state index is 11.9. The predicted octanol–water partition coefficient (Wildman–Crippen LogP) is 1.35. The molecule has 1 N–H and O–H groups in total. The summed E-state index contributed by atoms with van der Waals surface area (Å²) < 4.78 is 0. The molecule has 0 radical (unpaired) electrons. The zero-order valence-corrected chi connectivity index (χ0v) is 10.6. The molecule has 0 aliphatic carbocycles. The van der Waals surface area contributed by atoms with Gasteiger partial charge in [0, 0.05) is 18.2 Å². The number of likely N-dealkylation sites (N-methyl/N-ethyl adjacent to an activating group) is 1. The van der Waals surface area contributed by atoms with Crippen LogP contribution in [-0.4, -0.2) is 41.3 Å². The SMILES string of the molecule is CC(=O)c1cc(C(=O)N(C)CC(=O)O)ccc1C. The van der Waals surface area contributed by atoms with Crippen molar-refractivity contribution < 1.29 is 19.5 Å². The largest absolute Gasteiger partial charge is 0.480 e. The number of carbonyl (C=O) groups excluding carboxylic acids is 2. The minimum absolute atomic E-state index is 0.122. The number of benzene rings is 1. The molecule has 0 bridgehead atoms. The minimum Gasteiger partial charge on any atom is -0.480 e. The number of hydrogen-bond acceptors (Lipinski definition) is 3. The van der Waals surface area contributed by atoms with Crippen molar-refractivity contribution in [1.29, 1.82) is 0 Å². The molecule has 1 aromatic rings. The molecule has 1 rings (SSSR count). The van der Waals surface area contributed by atoms with Gasteiger partial charge in [-0.25, -0.2) is 0 Å². The maximum atomic E-state index is 11.9. The van der Waals surface area contributed by atoms with E-state index in [1.54, 1.807) is 19.1 Å². The van der Waals surface area contributed by atoms with Crippen LogP contribution in [0.1, 0.15) is 33.2 Å². The summed E-state index contributed by atoms with van der Waals surface area (Å²) in [5, 5.41) is 8.62. The fraction of sp³-hybridized carbons (Fsp3) is 0.308. The van der Waals surface area contributed by atoms with Gasteiger partial charge in [-0.3, -0.25) is 14.4 Å². The lowest BCUT2D eigenvalue weighted by atomic mass is 10.0. The molecule has 0 aliphatic heterocycles. The van der Waals surface area contributed by atoms with E-state index < -0.39 is 11.9 Å². The maximum Gasteiger partial charge on any atom is 0.323 e. The van der Waals surface area contributed by atoms with Crippen LogP contribution in [-0.2, 0) is 4.79 Å². The number of Topliss-reactive ketones (excluding diaryl/α,β-unsaturated/α-hetero) is 1. The first-order chi connectivity index (χ1) is 8.32. The molecular formula is C13H15NO4. The summed E-state index contributed by atoms with van der Waals surface area (Å²) in [6, 6.07) is 4.76. The topological polar surface area (TPSA) is 74.7 Å². The Morgan fingerprint density at radius 2 is 1.89 bits per heavy atom. The molecule has 0 heterocycles. The average Bonchev–Trinajstić information content (AvgIpc) is 2.27. The number of carboxylic acids is 1. The minimum atomic E-state index is -1.08. The van der Waals surface area contributed by atoms with Crippen molar-refractivity contribution in [3.05, 3.63) is 34.9 Å². The van der Waals surface area contributed by atoms with E-state index in [0.29, 0.717) is 11.1 Å². The Hall–Kier alpha value is -2.17.